The molecule has 3 heteroatoms. The minimum Gasteiger partial charge on any atom is -0.494 e. The third-order valence-electron chi connectivity index (χ3n) is 2.03. The fourth-order valence-corrected chi connectivity index (χ4v) is 1.22. The highest BCUT2D eigenvalue weighted by Gasteiger charge is 1.94. The minimum absolute atomic E-state index is 0.648. The first-order valence-electron chi connectivity index (χ1n) is 5.57. The minimum atomic E-state index is 0.648. The van der Waals surface area contributed by atoms with Crippen LogP contribution in [0.3, 0.4) is 0 Å². The Morgan fingerprint density at radius 3 is 2.50 bits per heavy atom. The number of hydrogen-bond acceptors (Lipinski definition) is 3. The summed E-state index contributed by atoms with van der Waals surface area (Å²) in [5.41, 5.74) is 0.652. The van der Waals surface area contributed by atoms with Crippen LogP contribution >= 0.6 is 0 Å². The lowest BCUT2D eigenvalue weighted by molar-refractivity contribution is 0.120. The first-order chi connectivity index (χ1) is 7.86. The Labute approximate surface area is 96.6 Å². The normalized spacial score (nSPS) is 9.75. The van der Waals surface area contributed by atoms with Crippen molar-refractivity contribution in [3.63, 3.8) is 0 Å². The van der Waals surface area contributed by atoms with Crippen LogP contribution in [0, 0.1) is 11.3 Å². The van der Waals surface area contributed by atoms with Gasteiger partial charge in [-0.3, -0.25) is 0 Å². The van der Waals surface area contributed by atoms with E-state index in [1.165, 1.54) is 0 Å². The van der Waals surface area contributed by atoms with Gasteiger partial charge in [0.2, 0.25) is 0 Å². The zero-order valence-corrected chi connectivity index (χ0v) is 9.61. The third-order valence-corrected chi connectivity index (χ3v) is 2.03. The lowest BCUT2D eigenvalue weighted by Gasteiger charge is -2.06. The van der Waals surface area contributed by atoms with Crippen LogP contribution in [-0.2, 0) is 4.74 Å². The number of rotatable bonds is 7. The van der Waals surface area contributed by atoms with E-state index in [2.05, 4.69) is 13.0 Å². The maximum Gasteiger partial charge on any atom is 0.119 e. The Balaban J connectivity index is 2.15. The van der Waals surface area contributed by atoms with E-state index in [0.717, 1.165) is 31.8 Å². The van der Waals surface area contributed by atoms with Crippen LogP contribution in [0.15, 0.2) is 24.3 Å². The van der Waals surface area contributed by atoms with E-state index in [4.69, 9.17) is 14.7 Å². The SMILES string of the molecule is CCCOCCCOc1ccc(C#N)cc1. The summed E-state index contributed by atoms with van der Waals surface area (Å²) in [5.74, 6) is 0.800. The summed E-state index contributed by atoms with van der Waals surface area (Å²) < 4.78 is 10.8. The number of nitrogens with zero attached hydrogens (tertiary/aromatic N) is 1. The smallest absolute Gasteiger partial charge is 0.119 e. The zero-order valence-electron chi connectivity index (χ0n) is 9.61. The molecule has 3 nitrogen and oxygen atoms in total. The number of hydrogen-bond donors (Lipinski definition) is 0. The first-order valence-corrected chi connectivity index (χ1v) is 5.57. The Hall–Kier alpha value is -1.53. The van der Waals surface area contributed by atoms with Gasteiger partial charge in [-0.15, -0.1) is 0 Å². The lowest BCUT2D eigenvalue weighted by atomic mass is 10.2. The Morgan fingerprint density at radius 1 is 1.12 bits per heavy atom. The van der Waals surface area contributed by atoms with Gasteiger partial charge in [0, 0.05) is 19.6 Å². The first kappa shape index (κ1) is 12.5. The summed E-state index contributed by atoms with van der Waals surface area (Å²) in [6.07, 6.45) is 1.94. The second-order valence-corrected chi connectivity index (χ2v) is 3.45. The van der Waals surface area contributed by atoms with Gasteiger partial charge in [-0.1, -0.05) is 6.92 Å². The molecular weight excluding hydrogens is 202 g/mol. The van der Waals surface area contributed by atoms with Crippen LogP contribution in [0.5, 0.6) is 5.75 Å². The molecule has 16 heavy (non-hydrogen) atoms. The number of benzene rings is 1. The van der Waals surface area contributed by atoms with Gasteiger partial charge < -0.3 is 9.47 Å². The van der Waals surface area contributed by atoms with E-state index in [-0.39, 0.29) is 0 Å². The van der Waals surface area contributed by atoms with Gasteiger partial charge in [-0.2, -0.15) is 5.26 Å². The molecule has 1 aromatic rings. The molecule has 0 radical (unpaired) electrons. The second kappa shape index (κ2) is 7.72. The molecule has 1 rings (SSSR count). The molecule has 0 atom stereocenters. The van der Waals surface area contributed by atoms with Crippen LogP contribution in [0.1, 0.15) is 25.3 Å². The maximum atomic E-state index is 8.62. The summed E-state index contributed by atoms with van der Waals surface area (Å²) in [5, 5.41) is 8.62. The van der Waals surface area contributed by atoms with Gasteiger partial charge in [0.15, 0.2) is 0 Å². The summed E-state index contributed by atoms with van der Waals surface area (Å²) in [6, 6.07) is 9.20. The Kier molecular flexibility index (Phi) is 6.05. The predicted octanol–water partition coefficient (Wildman–Crippen LogP) is 2.75. The van der Waals surface area contributed by atoms with E-state index >= 15 is 0 Å². The third kappa shape index (κ3) is 4.81. The maximum absolute atomic E-state index is 8.62. The van der Waals surface area contributed by atoms with Crippen molar-refractivity contribution in [1.82, 2.24) is 0 Å². The van der Waals surface area contributed by atoms with Gasteiger partial charge in [0.25, 0.3) is 0 Å². The van der Waals surface area contributed by atoms with E-state index < -0.39 is 0 Å². The quantitative estimate of drug-likeness (QED) is 0.662. The van der Waals surface area contributed by atoms with Crippen molar-refractivity contribution in [2.24, 2.45) is 0 Å². The molecule has 0 aliphatic heterocycles. The van der Waals surface area contributed by atoms with E-state index in [1.807, 2.05) is 12.1 Å². The van der Waals surface area contributed by atoms with Crippen molar-refractivity contribution in [1.29, 1.82) is 5.26 Å². The van der Waals surface area contributed by atoms with Gasteiger partial charge in [0.05, 0.1) is 18.2 Å². The summed E-state index contributed by atoms with van der Waals surface area (Å²) in [7, 11) is 0. The molecule has 0 spiro atoms. The largest absolute Gasteiger partial charge is 0.494 e. The molecule has 0 N–H and O–H groups in total. The molecule has 0 bridgehead atoms. The summed E-state index contributed by atoms with van der Waals surface area (Å²) in [4.78, 5) is 0. The predicted molar refractivity (Wildman–Crippen MR) is 62.4 cm³/mol. The standard InChI is InChI=1S/C13H17NO2/c1-2-8-15-9-3-10-16-13-6-4-12(11-14)5-7-13/h4-7H,2-3,8-10H2,1H3. The molecule has 0 aliphatic rings. The van der Waals surface area contributed by atoms with Crippen molar-refractivity contribution in [3.8, 4) is 11.8 Å². The molecule has 0 heterocycles. The summed E-state index contributed by atoms with van der Waals surface area (Å²) in [6.45, 7) is 4.30. The topological polar surface area (TPSA) is 42.2 Å². The number of nitriles is 1. The molecule has 0 fully saturated rings. The second-order valence-electron chi connectivity index (χ2n) is 3.45. The van der Waals surface area contributed by atoms with E-state index in [9.17, 15) is 0 Å². The lowest BCUT2D eigenvalue weighted by Crippen LogP contribution is -2.03. The Bertz CT molecular complexity index is 327. The van der Waals surface area contributed by atoms with E-state index in [0.29, 0.717) is 12.2 Å². The van der Waals surface area contributed by atoms with Gasteiger partial charge in [-0.05, 0) is 30.7 Å². The van der Waals surface area contributed by atoms with Crippen LogP contribution < -0.4 is 4.74 Å². The molecular formula is C13H17NO2. The van der Waals surface area contributed by atoms with Gasteiger partial charge >= 0.3 is 0 Å². The number of ether oxygens (including phenoxy) is 2. The average Bonchev–Trinajstić information content (AvgIpc) is 2.34. The van der Waals surface area contributed by atoms with Crippen molar-refractivity contribution < 1.29 is 9.47 Å². The van der Waals surface area contributed by atoms with Crippen LogP contribution in [0.2, 0.25) is 0 Å². The molecule has 0 aromatic heterocycles. The van der Waals surface area contributed by atoms with Crippen LogP contribution in [-0.4, -0.2) is 19.8 Å². The highest BCUT2D eigenvalue weighted by Crippen LogP contribution is 2.11. The molecule has 0 aliphatic carbocycles. The average molecular weight is 219 g/mol. The summed E-state index contributed by atoms with van der Waals surface area (Å²) >= 11 is 0. The van der Waals surface area contributed by atoms with Crippen molar-refractivity contribution >= 4 is 0 Å². The van der Waals surface area contributed by atoms with Gasteiger partial charge in [0.1, 0.15) is 5.75 Å². The van der Waals surface area contributed by atoms with Crippen molar-refractivity contribution in [2.45, 2.75) is 19.8 Å². The highest BCUT2D eigenvalue weighted by atomic mass is 16.5. The monoisotopic (exact) mass is 219 g/mol. The molecule has 0 saturated heterocycles. The zero-order chi connectivity index (χ0) is 11.6. The van der Waals surface area contributed by atoms with Gasteiger partial charge in [-0.25, -0.2) is 0 Å². The molecule has 0 amide bonds. The van der Waals surface area contributed by atoms with Crippen molar-refractivity contribution in [2.75, 3.05) is 19.8 Å². The van der Waals surface area contributed by atoms with Crippen LogP contribution in [0.4, 0.5) is 0 Å². The molecule has 0 unspecified atom stereocenters. The van der Waals surface area contributed by atoms with E-state index in [1.54, 1.807) is 12.1 Å². The Morgan fingerprint density at radius 2 is 1.88 bits per heavy atom. The van der Waals surface area contributed by atoms with Crippen molar-refractivity contribution in [3.05, 3.63) is 29.8 Å². The highest BCUT2D eigenvalue weighted by molar-refractivity contribution is 5.34. The molecule has 0 saturated carbocycles. The molecule has 1 aromatic carbocycles. The molecule has 86 valence electrons. The van der Waals surface area contributed by atoms with Crippen LogP contribution in [0.25, 0.3) is 0 Å². The fraction of sp³-hybridized carbons (Fsp3) is 0.462. The fourth-order valence-electron chi connectivity index (χ4n) is 1.22.